The normalized spacial score (nSPS) is 39.4. The quantitative estimate of drug-likeness (QED) is 0.632. The Balaban J connectivity index is 2.28. The fourth-order valence-electron chi connectivity index (χ4n) is 3.55. The van der Waals surface area contributed by atoms with Crippen LogP contribution in [0.25, 0.3) is 0 Å². The Bertz CT molecular complexity index is 300. The fraction of sp³-hybridized carbons (Fsp3) is 0.786. The van der Waals surface area contributed by atoms with Gasteiger partial charge in [-0.15, -0.1) is 0 Å². The third kappa shape index (κ3) is 1.77. The minimum Gasteiger partial charge on any atom is -0.300 e. The number of hydrogen-bond donors (Lipinski definition) is 0. The SMILES string of the molecule is CC(=O)C1CC2CC(C(C)C)C1C=C2C. The Morgan fingerprint density at radius 3 is 2.53 bits per heavy atom. The molecule has 3 aliphatic rings. The molecule has 2 bridgehead atoms. The highest BCUT2D eigenvalue weighted by Crippen LogP contribution is 2.50. The van der Waals surface area contributed by atoms with Crippen LogP contribution in [0.15, 0.2) is 11.6 Å². The molecule has 15 heavy (non-hydrogen) atoms. The summed E-state index contributed by atoms with van der Waals surface area (Å²) in [7, 11) is 0. The lowest BCUT2D eigenvalue weighted by Gasteiger charge is -2.47. The predicted molar refractivity (Wildman–Crippen MR) is 62.5 cm³/mol. The van der Waals surface area contributed by atoms with Crippen LogP contribution in [0, 0.1) is 29.6 Å². The van der Waals surface area contributed by atoms with Crippen molar-refractivity contribution < 1.29 is 4.79 Å². The van der Waals surface area contributed by atoms with Crippen LogP contribution in [0.3, 0.4) is 0 Å². The van der Waals surface area contributed by atoms with Crippen LogP contribution in [0.2, 0.25) is 0 Å². The van der Waals surface area contributed by atoms with E-state index in [0.29, 0.717) is 29.5 Å². The molecule has 4 unspecified atom stereocenters. The van der Waals surface area contributed by atoms with E-state index in [2.05, 4.69) is 26.8 Å². The topological polar surface area (TPSA) is 17.1 Å². The lowest BCUT2D eigenvalue weighted by Crippen LogP contribution is -2.41. The Kier molecular flexibility index (Phi) is 2.74. The van der Waals surface area contributed by atoms with Crippen LogP contribution in [-0.2, 0) is 4.79 Å². The maximum Gasteiger partial charge on any atom is 0.133 e. The minimum absolute atomic E-state index is 0.319. The van der Waals surface area contributed by atoms with E-state index < -0.39 is 0 Å². The number of fused-ring (bicyclic) bond motifs is 2. The van der Waals surface area contributed by atoms with Crippen LogP contribution >= 0.6 is 0 Å². The summed E-state index contributed by atoms with van der Waals surface area (Å²) in [6, 6.07) is 0. The van der Waals surface area contributed by atoms with Gasteiger partial charge in [0, 0.05) is 5.92 Å². The summed E-state index contributed by atoms with van der Waals surface area (Å²) in [5.74, 6) is 3.40. The molecule has 0 spiro atoms. The lowest BCUT2D eigenvalue weighted by atomic mass is 9.57. The molecule has 0 saturated heterocycles. The zero-order valence-corrected chi connectivity index (χ0v) is 10.3. The van der Waals surface area contributed by atoms with Gasteiger partial charge >= 0.3 is 0 Å². The summed E-state index contributed by atoms with van der Waals surface area (Å²) in [6.07, 6.45) is 4.83. The first-order valence-corrected chi connectivity index (χ1v) is 6.19. The highest BCUT2D eigenvalue weighted by Gasteiger charge is 2.43. The van der Waals surface area contributed by atoms with Gasteiger partial charge in [0.25, 0.3) is 0 Å². The van der Waals surface area contributed by atoms with Gasteiger partial charge in [-0.3, -0.25) is 4.79 Å². The van der Waals surface area contributed by atoms with E-state index in [0.717, 1.165) is 12.3 Å². The third-order valence-corrected chi connectivity index (χ3v) is 4.53. The number of carbonyl (C=O) groups is 1. The van der Waals surface area contributed by atoms with Crippen molar-refractivity contribution in [1.82, 2.24) is 0 Å². The summed E-state index contributed by atoms with van der Waals surface area (Å²) in [5.41, 5.74) is 1.54. The van der Waals surface area contributed by atoms with Crippen LogP contribution in [-0.4, -0.2) is 5.78 Å². The van der Waals surface area contributed by atoms with Crippen LogP contribution in [0.4, 0.5) is 0 Å². The lowest BCUT2D eigenvalue weighted by molar-refractivity contribution is -0.125. The summed E-state index contributed by atoms with van der Waals surface area (Å²) < 4.78 is 0. The third-order valence-electron chi connectivity index (χ3n) is 4.53. The van der Waals surface area contributed by atoms with Crippen LogP contribution < -0.4 is 0 Å². The van der Waals surface area contributed by atoms with E-state index >= 15 is 0 Å². The average molecular weight is 206 g/mol. The van der Waals surface area contributed by atoms with Crippen molar-refractivity contribution in [3.8, 4) is 0 Å². The highest BCUT2D eigenvalue weighted by atomic mass is 16.1. The average Bonchev–Trinajstić information content (AvgIpc) is 2.17. The van der Waals surface area contributed by atoms with Gasteiger partial charge in [0.2, 0.25) is 0 Å². The molecule has 4 atom stereocenters. The molecule has 0 heterocycles. The molecule has 3 rings (SSSR count). The van der Waals surface area contributed by atoms with Crippen molar-refractivity contribution in [3.63, 3.8) is 0 Å². The second-order valence-electron chi connectivity index (χ2n) is 5.78. The maximum atomic E-state index is 11.6. The van der Waals surface area contributed by atoms with Gasteiger partial charge in [-0.2, -0.15) is 0 Å². The molecule has 1 heteroatoms. The molecule has 1 saturated carbocycles. The molecule has 0 aromatic rings. The Morgan fingerprint density at radius 2 is 2.07 bits per heavy atom. The number of hydrogen-bond acceptors (Lipinski definition) is 1. The molecule has 1 fully saturated rings. The number of rotatable bonds is 2. The van der Waals surface area contributed by atoms with Gasteiger partial charge in [0.15, 0.2) is 0 Å². The Hall–Kier alpha value is -0.590. The molecule has 1 nitrogen and oxygen atoms in total. The molecule has 0 aliphatic heterocycles. The van der Waals surface area contributed by atoms with E-state index in [9.17, 15) is 4.79 Å². The summed E-state index contributed by atoms with van der Waals surface area (Å²) >= 11 is 0. The number of carbonyl (C=O) groups excluding carboxylic acids is 1. The predicted octanol–water partition coefficient (Wildman–Crippen LogP) is 3.45. The molecule has 0 N–H and O–H groups in total. The molecular weight excluding hydrogens is 184 g/mol. The van der Waals surface area contributed by atoms with Crippen molar-refractivity contribution in [2.75, 3.05) is 0 Å². The summed E-state index contributed by atoms with van der Waals surface area (Å²) in [4.78, 5) is 11.6. The van der Waals surface area contributed by atoms with E-state index in [4.69, 9.17) is 0 Å². The van der Waals surface area contributed by atoms with Gasteiger partial charge in [-0.1, -0.05) is 25.5 Å². The molecule has 0 radical (unpaired) electrons. The van der Waals surface area contributed by atoms with Crippen LogP contribution in [0.1, 0.15) is 40.5 Å². The van der Waals surface area contributed by atoms with Crippen molar-refractivity contribution in [2.24, 2.45) is 29.6 Å². The van der Waals surface area contributed by atoms with Gasteiger partial charge in [0.1, 0.15) is 5.78 Å². The molecule has 84 valence electrons. The second-order valence-corrected chi connectivity index (χ2v) is 5.78. The molecule has 3 aliphatic carbocycles. The van der Waals surface area contributed by atoms with Crippen molar-refractivity contribution in [2.45, 2.75) is 40.5 Å². The first-order valence-electron chi connectivity index (χ1n) is 6.19. The zero-order valence-electron chi connectivity index (χ0n) is 10.3. The molecular formula is C14H22O. The van der Waals surface area contributed by atoms with Gasteiger partial charge in [-0.05, 0) is 50.4 Å². The minimum atomic E-state index is 0.319. The van der Waals surface area contributed by atoms with Gasteiger partial charge in [0.05, 0.1) is 0 Å². The largest absolute Gasteiger partial charge is 0.300 e. The maximum absolute atomic E-state index is 11.6. The zero-order chi connectivity index (χ0) is 11.2. The molecule has 0 amide bonds. The van der Waals surface area contributed by atoms with Crippen molar-refractivity contribution in [3.05, 3.63) is 11.6 Å². The first-order chi connectivity index (χ1) is 7.00. The molecule has 0 aromatic heterocycles. The summed E-state index contributed by atoms with van der Waals surface area (Å²) in [5, 5.41) is 0. The number of ketones is 1. The number of allylic oxidation sites excluding steroid dienone is 2. The van der Waals surface area contributed by atoms with Crippen molar-refractivity contribution in [1.29, 1.82) is 0 Å². The van der Waals surface area contributed by atoms with E-state index in [1.165, 1.54) is 12.0 Å². The van der Waals surface area contributed by atoms with E-state index in [1.54, 1.807) is 6.92 Å². The molecule has 0 aromatic carbocycles. The first kappa shape index (κ1) is 10.9. The van der Waals surface area contributed by atoms with E-state index in [-0.39, 0.29) is 0 Å². The smallest absolute Gasteiger partial charge is 0.133 e. The number of Topliss-reactive ketones (excluding diaryl/α,β-unsaturated/α-hetero) is 1. The van der Waals surface area contributed by atoms with Crippen LogP contribution in [0.5, 0.6) is 0 Å². The standard InChI is InChI=1S/C14H22O/c1-8(2)12-6-11-7-13(10(4)15)14(12)5-9(11)3/h5,8,11-14H,6-7H2,1-4H3. The Labute approximate surface area is 92.9 Å². The highest BCUT2D eigenvalue weighted by molar-refractivity contribution is 5.79. The van der Waals surface area contributed by atoms with Gasteiger partial charge < -0.3 is 0 Å². The van der Waals surface area contributed by atoms with Gasteiger partial charge in [-0.25, -0.2) is 0 Å². The summed E-state index contributed by atoms with van der Waals surface area (Å²) in [6.45, 7) is 8.61. The monoisotopic (exact) mass is 206 g/mol. The Morgan fingerprint density at radius 1 is 1.40 bits per heavy atom. The second kappa shape index (κ2) is 3.77. The fourth-order valence-corrected chi connectivity index (χ4v) is 3.55. The van der Waals surface area contributed by atoms with E-state index in [1.807, 2.05) is 0 Å². The van der Waals surface area contributed by atoms with Crippen molar-refractivity contribution >= 4 is 5.78 Å².